The first-order valence-corrected chi connectivity index (χ1v) is 17.1. The molecule has 6 rings (SSSR count). The lowest BCUT2D eigenvalue weighted by atomic mass is 10.0. The second kappa shape index (κ2) is 15.5. The molecule has 14 nitrogen and oxygen atoms in total. The maximum Gasteiger partial charge on any atom is 0.407 e. The number of benzene rings is 2. The summed E-state index contributed by atoms with van der Waals surface area (Å²) in [4.78, 5) is 70.8. The Morgan fingerprint density at radius 1 is 0.846 bits per heavy atom. The van der Waals surface area contributed by atoms with Crippen molar-refractivity contribution in [1.82, 2.24) is 40.4 Å². The van der Waals surface area contributed by atoms with Crippen molar-refractivity contribution in [3.05, 3.63) is 60.3 Å². The van der Waals surface area contributed by atoms with Crippen molar-refractivity contribution in [3.63, 3.8) is 0 Å². The number of H-pyrrole nitrogens is 2. The van der Waals surface area contributed by atoms with Crippen LogP contribution in [0.5, 0.6) is 0 Å². The minimum atomic E-state index is -3.79. The van der Waals surface area contributed by atoms with Gasteiger partial charge in [0, 0.05) is 22.7 Å². The van der Waals surface area contributed by atoms with E-state index in [9.17, 15) is 19.2 Å². The fourth-order valence-corrected chi connectivity index (χ4v) is 6.87. The maximum absolute atomic E-state index is 14.1. The van der Waals surface area contributed by atoms with Crippen LogP contribution in [0.3, 0.4) is 0 Å². The van der Waals surface area contributed by atoms with E-state index < -0.39 is 55.8 Å². The van der Waals surface area contributed by atoms with Gasteiger partial charge in [-0.25, -0.2) is 19.6 Å². The summed E-state index contributed by atoms with van der Waals surface area (Å²) in [5.41, 5.74) is 4.62. The van der Waals surface area contributed by atoms with E-state index in [1.807, 2.05) is 56.3 Å². The molecule has 0 saturated carbocycles. The van der Waals surface area contributed by atoms with Gasteiger partial charge in [-0.1, -0.05) is 57.9 Å². The number of nitrogens with one attached hydrogen (secondary N) is 4. The van der Waals surface area contributed by atoms with E-state index in [-0.39, 0.29) is 30.2 Å². The smallest absolute Gasteiger partial charge is 0.407 e. The van der Waals surface area contributed by atoms with Crippen LogP contribution in [0.25, 0.3) is 33.4 Å². The summed E-state index contributed by atoms with van der Waals surface area (Å²) in [5.74, 6) is -4.61. The standard InChI is InChI=1S/C38H48N8O6/c1-21(2)31(43-37(49)51-5)35(47)45-17-7-9-29(45)33-39-20-28(42-33)24-13-11-23(12-14-24)25-15-16-26-27(19-25)41-34(40-26)30-10-8-18-46(30)36(48)32(22(3)4)44-38(50)52-6/h11-16,19-22,29-32H,7-10,17-18H2,1-6H3,(H,39,42)(H,40,41)(H,43,49)(H,44,50)/t29-,30-,31+,32-/m0/s1/i1D3,2D3,21D,31D. The monoisotopic (exact) mass is 720 g/mol. The molecule has 4 amide bonds. The van der Waals surface area contributed by atoms with Crippen molar-refractivity contribution in [2.24, 2.45) is 11.8 Å². The van der Waals surface area contributed by atoms with Crippen LogP contribution in [0.15, 0.2) is 48.7 Å². The maximum atomic E-state index is 14.1. The molecule has 2 fully saturated rings. The van der Waals surface area contributed by atoms with Gasteiger partial charge in [0.1, 0.15) is 23.7 Å². The van der Waals surface area contributed by atoms with Gasteiger partial charge in [-0.3, -0.25) is 9.59 Å². The highest BCUT2D eigenvalue weighted by Crippen LogP contribution is 2.35. The molecule has 0 radical (unpaired) electrons. The largest absolute Gasteiger partial charge is 0.453 e. The normalized spacial score (nSPS) is 22.1. The number of carbonyl (C=O) groups is 4. The predicted molar refractivity (Wildman–Crippen MR) is 195 cm³/mol. The number of hydrogen-bond donors (Lipinski definition) is 4. The van der Waals surface area contributed by atoms with Crippen LogP contribution < -0.4 is 10.6 Å². The molecule has 4 heterocycles. The number of hydrogen-bond acceptors (Lipinski definition) is 8. The van der Waals surface area contributed by atoms with Gasteiger partial charge < -0.3 is 39.9 Å². The van der Waals surface area contributed by atoms with Gasteiger partial charge in [-0.05, 0) is 66.3 Å². The van der Waals surface area contributed by atoms with Crippen molar-refractivity contribution < 1.29 is 39.6 Å². The minimum absolute atomic E-state index is 0.0257. The molecule has 276 valence electrons. The quantitative estimate of drug-likeness (QED) is 0.161. The first kappa shape index (κ1) is 27.3. The number of imidazole rings is 2. The molecular weight excluding hydrogens is 664 g/mol. The van der Waals surface area contributed by atoms with Crippen molar-refractivity contribution >= 4 is 35.0 Å². The molecule has 0 spiro atoms. The summed E-state index contributed by atoms with van der Waals surface area (Å²) in [6, 6.07) is 8.00. The summed E-state index contributed by atoms with van der Waals surface area (Å²) in [5, 5.41) is 4.44. The number of carbonyl (C=O) groups excluding carboxylic acids is 4. The van der Waals surface area contributed by atoms with E-state index in [0.29, 0.717) is 37.3 Å². The second-order valence-electron chi connectivity index (χ2n) is 13.2. The summed E-state index contributed by atoms with van der Waals surface area (Å²) >= 11 is 0. The lowest BCUT2D eigenvalue weighted by Gasteiger charge is -2.30. The molecule has 2 aliphatic rings. The molecule has 2 aromatic heterocycles. The SMILES string of the molecule is [2H]C([2H])([2H])C([2H])(C([2H])([2H])[2H])[C@@]([2H])(NC(=O)OC)C(=O)N1CCC[C@H]1c1ncc(-c2ccc(-c3ccc4nc([C@@H]5CCCN5C(=O)[C@@H](NC(=O)OC)C(C)C)[nH]c4c3)cc2)[nH]1. The van der Waals surface area contributed by atoms with Crippen LogP contribution in [-0.2, 0) is 19.1 Å². The second-order valence-corrected chi connectivity index (χ2v) is 13.2. The Morgan fingerprint density at radius 3 is 2.12 bits per heavy atom. The van der Waals surface area contributed by atoms with Gasteiger partial charge in [0.2, 0.25) is 11.8 Å². The van der Waals surface area contributed by atoms with Crippen LogP contribution in [0.4, 0.5) is 9.59 Å². The van der Waals surface area contributed by atoms with Crippen LogP contribution in [0, 0.1) is 11.8 Å². The van der Waals surface area contributed by atoms with E-state index in [1.54, 1.807) is 16.4 Å². The van der Waals surface area contributed by atoms with Crippen LogP contribution in [0.2, 0.25) is 0 Å². The lowest BCUT2D eigenvalue weighted by molar-refractivity contribution is -0.136. The van der Waals surface area contributed by atoms with Crippen LogP contribution >= 0.6 is 0 Å². The van der Waals surface area contributed by atoms with E-state index >= 15 is 0 Å². The number of amides is 4. The van der Waals surface area contributed by atoms with E-state index in [1.165, 1.54) is 7.11 Å². The zero-order chi connectivity index (χ0) is 43.9. The van der Waals surface area contributed by atoms with Gasteiger partial charge in [0.15, 0.2) is 0 Å². The third-order valence-corrected chi connectivity index (χ3v) is 9.57. The van der Waals surface area contributed by atoms with Crippen LogP contribution in [-0.4, -0.2) is 93.1 Å². The van der Waals surface area contributed by atoms with Crippen molar-refractivity contribution in [2.45, 2.75) is 77.4 Å². The van der Waals surface area contributed by atoms with Gasteiger partial charge in [-0.2, -0.15) is 0 Å². The molecule has 4 N–H and O–H groups in total. The van der Waals surface area contributed by atoms with Crippen LogP contribution in [0.1, 0.15) is 87.9 Å². The lowest BCUT2D eigenvalue weighted by Crippen LogP contribution is -2.51. The zero-order valence-electron chi connectivity index (χ0n) is 37.4. The topological polar surface area (TPSA) is 175 Å². The fourth-order valence-electron chi connectivity index (χ4n) is 6.87. The number of ether oxygens (including phenoxy) is 2. The van der Waals surface area contributed by atoms with Crippen molar-refractivity contribution in [1.29, 1.82) is 0 Å². The van der Waals surface area contributed by atoms with Gasteiger partial charge in [0.25, 0.3) is 0 Å². The Morgan fingerprint density at radius 2 is 1.46 bits per heavy atom. The summed E-state index contributed by atoms with van der Waals surface area (Å²) in [6.07, 6.45) is 1.63. The third-order valence-electron chi connectivity index (χ3n) is 9.57. The molecule has 52 heavy (non-hydrogen) atoms. The first-order valence-electron chi connectivity index (χ1n) is 21.1. The molecule has 0 bridgehead atoms. The predicted octanol–water partition coefficient (Wildman–Crippen LogP) is 5.71. The number of rotatable bonds is 10. The number of aromatic nitrogens is 4. The summed E-state index contributed by atoms with van der Waals surface area (Å²) in [7, 11) is 2.15. The highest BCUT2D eigenvalue weighted by molar-refractivity contribution is 5.88. The molecule has 4 atom stereocenters. The Balaban J connectivity index is 1.21. The summed E-state index contributed by atoms with van der Waals surface area (Å²) < 4.78 is 74.5. The zero-order valence-corrected chi connectivity index (χ0v) is 29.4. The molecule has 14 heteroatoms. The minimum Gasteiger partial charge on any atom is -0.453 e. The first-order chi connectivity index (χ1) is 28.1. The van der Waals surface area contributed by atoms with Gasteiger partial charge >= 0.3 is 12.2 Å². The van der Waals surface area contributed by atoms with E-state index in [4.69, 9.17) is 20.7 Å². The molecule has 2 aromatic carbocycles. The molecule has 2 aliphatic heterocycles. The Bertz CT molecular complexity index is 2230. The molecular formula is C38H48N8O6. The number of fused-ring (bicyclic) bond motifs is 1. The van der Waals surface area contributed by atoms with Crippen molar-refractivity contribution in [3.8, 4) is 22.4 Å². The Labute approximate surface area is 314 Å². The summed E-state index contributed by atoms with van der Waals surface area (Å²) in [6.45, 7) is -3.20. The highest BCUT2D eigenvalue weighted by atomic mass is 16.5. The van der Waals surface area contributed by atoms with Gasteiger partial charge in [0.05, 0.1) is 50.6 Å². The number of alkyl carbamates (subject to hydrolysis) is 2. The molecule has 0 aliphatic carbocycles. The number of nitrogens with zero attached hydrogens (tertiary/aromatic N) is 4. The average molecular weight is 721 g/mol. The van der Waals surface area contributed by atoms with E-state index in [0.717, 1.165) is 46.2 Å². The number of aromatic amines is 2. The third kappa shape index (κ3) is 7.46. The van der Waals surface area contributed by atoms with Gasteiger partial charge in [-0.15, -0.1) is 0 Å². The van der Waals surface area contributed by atoms with Crippen molar-refractivity contribution in [2.75, 3.05) is 27.3 Å². The molecule has 0 unspecified atom stereocenters. The average Bonchev–Trinajstić information content (AvgIpc) is 4.04. The fraction of sp³-hybridized carbons (Fsp3) is 0.474. The van der Waals surface area contributed by atoms with E-state index in [2.05, 4.69) is 25.0 Å². The Hall–Kier alpha value is -5.40. The molecule has 2 saturated heterocycles. The molecule has 4 aromatic rings. The number of methoxy groups -OCH3 is 2. The Kier molecular flexibility index (Phi) is 8.11. The number of likely N-dealkylation sites (tertiary alicyclic amines) is 2. The highest BCUT2D eigenvalue weighted by Gasteiger charge is 2.39.